The Bertz CT molecular complexity index is 375. The van der Waals surface area contributed by atoms with Crippen LogP contribution in [-0.4, -0.2) is 10.8 Å². The first kappa shape index (κ1) is 17.4. The number of ketones is 1. The molecule has 3 heteroatoms. The predicted molar refractivity (Wildman–Crippen MR) is 71.2 cm³/mol. The Morgan fingerprint density at radius 2 is 1.88 bits per heavy atom. The molecule has 0 atom stereocenters. The summed E-state index contributed by atoms with van der Waals surface area (Å²) in [4.78, 5) is 14.8. The number of pyridine rings is 1. The van der Waals surface area contributed by atoms with E-state index in [1.165, 1.54) is 13.0 Å². The lowest BCUT2D eigenvalue weighted by Gasteiger charge is -1.91. The number of hydrogen-bond acceptors (Lipinski definition) is 3. The molecule has 0 aliphatic carbocycles. The number of hydrogen-bond donors (Lipinski definition) is 0. The van der Waals surface area contributed by atoms with E-state index in [2.05, 4.69) is 4.98 Å². The molecule has 0 aliphatic rings. The highest BCUT2D eigenvalue weighted by Gasteiger charge is 2.01. The van der Waals surface area contributed by atoms with Crippen LogP contribution < -0.4 is 0 Å². The van der Waals surface area contributed by atoms with E-state index in [0.29, 0.717) is 5.69 Å². The molecule has 0 radical (unpaired) electrons. The highest BCUT2D eigenvalue weighted by atomic mass is 16.1. The van der Waals surface area contributed by atoms with E-state index < -0.39 is 0 Å². The second kappa shape index (κ2) is 12.1. The first-order valence-electron chi connectivity index (χ1n) is 5.78. The number of aromatic nitrogens is 1. The molecule has 1 heterocycles. The van der Waals surface area contributed by atoms with Crippen LogP contribution in [0.5, 0.6) is 0 Å². The lowest BCUT2D eigenvalue weighted by molar-refractivity contribution is -0.113. The molecule has 0 amide bonds. The zero-order chi connectivity index (χ0) is 13.7. The van der Waals surface area contributed by atoms with Gasteiger partial charge in [-0.05, 0) is 25.1 Å². The van der Waals surface area contributed by atoms with Gasteiger partial charge in [0.05, 0.1) is 11.3 Å². The first-order valence-corrected chi connectivity index (χ1v) is 5.78. The van der Waals surface area contributed by atoms with E-state index in [0.717, 1.165) is 0 Å². The van der Waals surface area contributed by atoms with Gasteiger partial charge in [-0.2, -0.15) is 5.26 Å². The lowest BCUT2D eigenvalue weighted by atomic mass is 10.1. The van der Waals surface area contributed by atoms with Gasteiger partial charge >= 0.3 is 0 Å². The van der Waals surface area contributed by atoms with Crippen LogP contribution >= 0.6 is 0 Å². The van der Waals surface area contributed by atoms with Crippen molar-refractivity contribution in [3.63, 3.8) is 0 Å². The molecular weight excluding hydrogens is 212 g/mol. The maximum Gasteiger partial charge on any atom is 0.170 e. The first-order chi connectivity index (χ1) is 8.24. The Labute approximate surface area is 104 Å². The third-order valence-corrected chi connectivity index (χ3v) is 1.48. The van der Waals surface area contributed by atoms with E-state index in [-0.39, 0.29) is 11.4 Å². The van der Waals surface area contributed by atoms with Crippen LogP contribution in [0.3, 0.4) is 0 Å². The summed E-state index contributed by atoms with van der Waals surface area (Å²) in [5.41, 5.74) is 0.743. The average Bonchev–Trinajstić information content (AvgIpc) is 2.41. The van der Waals surface area contributed by atoms with Gasteiger partial charge in [-0.3, -0.25) is 9.78 Å². The van der Waals surface area contributed by atoms with Crippen molar-refractivity contribution >= 4 is 11.9 Å². The molecule has 0 aromatic carbocycles. The van der Waals surface area contributed by atoms with Gasteiger partial charge in [0.15, 0.2) is 5.78 Å². The summed E-state index contributed by atoms with van der Waals surface area (Å²) in [6.07, 6.45) is 3.09. The molecule has 0 aliphatic heterocycles. The maximum absolute atomic E-state index is 10.9. The summed E-state index contributed by atoms with van der Waals surface area (Å²) in [5.74, 6) is -0.242. The molecule has 0 saturated carbocycles. The number of nitrogens with zero attached hydrogens (tertiary/aromatic N) is 2. The molecule has 1 aromatic heterocycles. The number of carbonyl (C=O) groups excluding carboxylic acids is 1. The summed E-state index contributed by atoms with van der Waals surface area (Å²) in [7, 11) is 0. The standard InChI is InChI=1S/C10H8N2O.2C2H6/c1-8(13)9(7-11)6-10-4-2-3-5-12-10;2*1-2/h2-6H,1H3;2*1-2H3/b9-6+;;. The van der Waals surface area contributed by atoms with E-state index in [9.17, 15) is 4.79 Å². The highest BCUT2D eigenvalue weighted by molar-refractivity contribution is 6.01. The Balaban J connectivity index is 0. The quantitative estimate of drug-likeness (QED) is 0.578. The van der Waals surface area contributed by atoms with Crippen LogP contribution in [-0.2, 0) is 4.79 Å². The zero-order valence-corrected chi connectivity index (χ0v) is 11.2. The number of carbonyl (C=O) groups is 1. The van der Waals surface area contributed by atoms with Gasteiger partial charge in [0.25, 0.3) is 0 Å². The van der Waals surface area contributed by atoms with E-state index in [1.807, 2.05) is 33.8 Å². The molecule has 0 bridgehead atoms. The second-order valence-corrected chi connectivity index (χ2v) is 2.48. The van der Waals surface area contributed by atoms with Gasteiger partial charge in [0.1, 0.15) is 6.07 Å². The van der Waals surface area contributed by atoms with E-state index in [1.54, 1.807) is 24.4 Å². The fraction of sp³-hybridized carbons (Fsp3) is 0.357. The molecule has 0 fully saturated rings. The van der Waals surface area contributed by atoms with Crippen LogP contribution in [0.1, 0.15) is 40.3 Å². The minimum atomic E-state index is -0.242. The number of rotatable bonds is 2. The number of allylic oxidation sites excluding steroid dienone is 1. The van der Waals surface area contributed by atoms with E-state index in [4.69, 9.17) is 5.26 Å². The van der Waals surface area contributed by atoms with Crippen molar-refractivity contribution in [2.45, 2.75) is 34.6 Å². The van der Waals surface area contributed by atoms with Crippen molar-refractivity contribution in [3.8, 4) is 6.07 Å². The Hall–Kier alpha value is -1.95. The Kier molecular flexibility index (Phi) is 12.4. The minimum absolute atomic E-state index is 0.124. The van der Waals surface area contributed by atoms with Gasteiger partial charge in [0, 0.05) is 6.20 Å². The van der Waals surface area contributed by atoms with Gasteiger partial charge in [-0.1, -0.05) is 33.8 Å². The fourth-order valence-corrected chi connectivity index (χ4v) is 0.822. The van der Waals surface area contributed by atoms with Gasteiger partial charge < -0.3 is 0 Å². The Morgan fingerprint density at radius 1 is 1.29 bits per heavy atom. The van der Waals surface area contributed by atoms with Crippen LogP contribution in [0, 0.1) is 11.3 Å². The molecule has 1 aromatic rings. The minimum Gasteiger partial charge on any atom is -0.294 e. The molecule has 3 nitrogen and oxygen atoms in total. The molecule has 0 N–H and O–H groups in total. The van der Waals surface area contributed by atoms with Gasteiger partial charge in [-0.25, -0.2) is 0 Å². The summed E-state index contributed by atoms with van der Waals surface area (Å²) in [6.45, 7) is 9.36. The van der Waals surface area contributed by atoms with Crippen LogP contribution in [0.2, 0.25) is 0 Å². The molecule has 0 unspecified atom stereocenters. The SMILES string of the molecule is CC.CC.CC(=O)/C(C#N)=C/c1ccccn1. The maximum atomic E-state index is 10.9. The third-order valence-electron chi connectivity index (χ3n) is 1.48. The van der Waals surface area contributed by atoms with Crippen molar-refractivity contribution in [2.24, 2.45) is 0 Å². The average molecular weight is 232 g/mol. The third kappa shape index (κ3) is 7.92. The predicted octanol–water partition coefficient (Wildman–Crippen LogP) is 3.63. The largest absolute Gasteiger partial charge is 0.294 e. The summed E-state index contributed by atoms with van der Waals surface area (Å²) in [5, 5.41) is 8.59. The summed E-state index contributed by atoms with van der Waals surface area (Å²) in [6, 6.07) is 7.13. The number of Topliss-reactive ketones (excluding diaryl/α,β-unsaturated/α-hetero) is 1. The van der Waals surface area contributed by atoms with E-state index >= 15 is 0 Å². The monoisotopic (exact) mass is 232 g/mol. The van der Waals surface area contributed by atoms with Crippen LogP contribution in [0.15, 0.2) is 30.0 Å². The lowest BCUT2D eigenvalue weighted by Crippen LogP contribution is -1.93. The summed E-state index contributed by atoms with van der Waals surface area (Å²) >= 11 is 0. The van der Waals surface area contributed by atoms with Gasteiger partial charge in [-0.15, -0.1) is 0 Å². The normalized spacial score (nSPS) is 8.82. The smallest absolute Gasteiger partial charge is 0.170 e. The van der Waals surface area contributed by atoms with Crippen molar-refractivity contribution < 1.29 is 4.79 Å². The number of nitriles is 1. The molecule has 17 heavy (non-hydrogen) atoms. The second-order valence-electron chi connectivity index (χ2n) is 2.48. The molecule has 0 spiro atoms. The molecule has 1 rings (SSSR count). The van der Waals surface area contributed by atoms with Gasteiger partial charge in [0.2, 0.25) is 0 Å². The fourth-order valence-electron chi connectivity index (χ4n) is 0.822. The van der Waals surface area contributed by atoms with Crippen LogP contribution in [0.25, 0.3) is 6.08 Å². The Morgan fingerprint density at radius 3 is 2.24 bits per heavy atom. The summed E-state index contributed by atoms with van der Waals surface area (Å²) < 4.78 is 0. The van der Waals surface area contributed by atoms with Crippen molar-refractivity contribution in [3.05, 3.63) is 35.7 Å². The van der Waals surface area contributed by atoms with Crippen LogP contribution in [0.4, 0.5) is 0 Å². The molecular formula is C14H20N2O. The molecule has 92 valence electrons. The topological polar surface area (TPSA) is 53.8 Å². The van der Waals surface area contributed by atoms with Crippen molar-refractivity contribution in [1.29, 1.82) is 5.26 Å². The zero-order valence-electron chi connectivity index (χ0n) is 11.2. The van der Waals surface area contributed by atoms with Crippen molar-refractivity contribution in [2.75, 3.05) is 0 Å². The highest BCUT2D eigenvalue weighted by Crippen LogP contribution is 2.03. The molecule has 0 saturated heterocycles. The van der Waals surface area contributed by atoms with Crippen molar-refractivity contribution in [1.82, 2.24) is 4.98 Å².